The van der Waals surface area contributed by atoms with Crippen LogP contribution in [0.15, 0.2) is 42.6 Å². The average molecular weight is 243 g/mol. The normalized spacial score (nSPS) is 10.0. The van der Waals surface area contributed by atoms with Crippen molar-refractivity contribution in [2.75, 3.05) is 11.1 Å². The number of aromatic nitrogens is 1. The number of nitrogen functional groups attached to an aromatic ring is 1. The topological polar surface area (TPSA) is 88.2 Å². The zero-order valence-electron chi connectivity index (χ0n) is 9.63. The molecule has 18 heavy (non-hydrogen) atoms. The lowest BCUT2D eigenvalue weighted by Gasteiger charge is -2.10. The zero-order valence-corrected chi connectivity index (χ0v) is 9.63. The van der Waals surface area contributed by atoms with Crippen molar-refractivity contribution in [2.45, 2.75) is 6.54 Å². The monoisotopic (exact) mass is 243 g/mol. The summed E-state index contributed by atoms with van der Waals surface area (Å²) in [5.41, 5.74) is 7.58. The van der Waals surface area contributed by atoms with Crippen molar-refractivity contribution in [3.63, 3.8) is 0 Å². The van der Waals surface area contributed by atoms with Gasteiger partial charge in [0.25, 0.3) is 0 Å². The van der Waals surface area contributed by atoms with E-state index < -0.39 is 5.97 Å². The molecule has 2 aromatic rings. The summed E-state index contributed by atoms with van der Waals surface area (Å²) in [5, 5.41) is 12.0. The lowest BCUT2D eigenvalue weighted by Crippen LogP contribution is -2.08. The fraction of sp³-hybridized carbons (Fsp3) is 0.0769. The SMILES string of the molecule is Nc1c(NCc2ccccn2)cccc1C(=O)O. The highest BCUT2D eigenvalue weighted by atomic mass is 16.4. The molecule has 0 amide bonds. The Morgan fingerprint density at radius 3 is 2.78 bits per heavy atom. The Kier molecular flexibility index (Phi) is 3.43. The molecular weight excluding hydrogens is 230 g/mol. The number of pyridine rings is 1. The van der Waals surface area contributed by atoms with Crippen LogP contribution < -0.4 is 11.1 Å². The van der Waals surface area contributed by atoms with Crippen LogP contribution >= 0.6 is 0 Å². The number of hydrogen-bond donors (Lipinski definition) is 3. The number of nitrogens with two attached hydrogens (primary N) is 1. The van der Waals surface area contributed by atoms with Crippen LogP contribution in [0.2, 0.25) is 0 Å². The first-order chi connectivity index (χ1) is 8.68. The lowest BCUT2D eigenvalue weighted by atomic mass is 10.1. The van der Waals surface area contributed by atoms with E-state index in [-0.39, 0.29) is 11.3 Å². The standard InChI is InChI=1S/C13H13N3O2/c14-12-10(13(17)18)5-3-6-11(12)16-8-9-4-1-2-7-15-9/h1-7,16H,8,14H2,(H,17,18). The largest absolute Gasteiger partial charge is 0.478 e. The number of carbonyl (C=O) groups is 1. The van der Waals surface area contributed by atoms with Gasteiger partial charge in [0.2, 0.25) is 0 Å². The van der Waals surface area contributed by atoms with Crippen LogP contribution in [-0.2, 0) is 6.54 Å². The molecule has 0 bridgehead atoms. The first kappa shape index (κ1) is 11.9. The van der Waals surface area contributed by atoms with E-state index in [1.54, 1.807) is 18.3 Å². The van der Waals surface area contributed by atoms with E-state index in [2.05, 4.69) is 10.3 Å². The van der Waals surface area contributed by atoms with Gasteiger partial charge >= 0.3 is 5.97 Å². The Morgan fingerprint density at radius 2 is 2.11 bits per heavy atom. The number of rotatable bonds is 4. The minimum atomic E-state index is -1.03. The van der Waals surface area contributed by atoms with Gasteiger partial charge in [-0.15, -0.1) is 0 Å². The first-order valence-electron chi connectivity index (χ1n) is 5.44. The zero-order chi connectivity index (χ0) is 13.0. The predicted molar refractivity (Wildman–Crippen MR) is 69.4 cm³/mol. The molecule has 5 nitrogen and oxygen atoms in total. The Hall–Kier alpha value is -2.56. The molecule has 1 aromatic heterocycles. The fourth-order valence-electron chi connectivity index (χ4n) is 1.59. The van der Waals surface area contributed by atoms with Crippen molar-refractivity contribution >= 4 is 17.3 Å². The van der Waals surface area contributed by atoms with Crippen molar-refractivity contribution in [1.82, 2.24) is 4.98 Å². The van der Waals surface area contributed by atoms with E-state index in [1.807, 2.05) is 18.2 Å². The van der Waals surface area contributed by atoms with Crippen LogP contribution in [0.25, 0.3) is 0 Å². The molecule has 0 atom stereocenters. The third kappa shape index (κ3) is 2.57. The van der Waals surface area contributed by atoms with Crippen LogP contribution in [0, 0.1) is 0 Å². The molecule has 2 rings (SSSR count). The van der Waals surface area contributed by atoms with Crippen LogP contribution in [0.1, 0.15) is 16.1 Å². The molecule has 5 heteroatoms. The second kappa shape index (κ2) is 5.18. The summed E-state index contributed by atoms with van der Waals surface area (Å²) in [4.78, 5) is 15.1. The summed E-state index contributed by atoms with van der Waals surface area (Å²) in [6.45, 7) is 0.494. The van der Waals surface area contributed by atoms with Crippen molar-refractivity contribution in [3.05, 3.63) is 53.9 Å². The van der Waals surface area contributed by atoms with Gasteiger partial charge in [-0.1, -0.05) is 12.1 Å². The number of benzene rings is 1. The second-order valence-corrected chi connectivity index (χ2v) is 3.75. The molecule has 0 aliphatic rings. The van der Waals surface area contributed by atoms with E-state index in [0.29, 0.717) is 12.2 Å². The van der Waals surface area contributed by atoms with E-state index in [0.717, 1.165) is 5.69 Å². The van der Waals surface area contributed by atoms with Crippen LogP contribution in [0.4, 0.5) is 11.4 Å². The maximum atomic E-state index is 10.9. The minimum absolute atomic E-state index is 0.0982. The van der Waals surface area contributed by atoms with Gasteiger partial charge in [-0.05, 0) is 24.3 Å². The highest BCUT2D eigenvalue weighted by Gasteiger charge is 2.10. The molecule has 0 aliphatic heterocycles. The first-order valence-corrected chi connectivity index (χ1v) is 5.44. The lowest BCUT2D eigenvalue weighted by molar-refractivity contribution is 0.0698. The molecule has 1 heterocycles. The smallest absolute Gasteiger partial charge is 0.337 e. The Morgan fingerprint density at radius 1 is 1.28 bits per heavy atom. The van der Waals surface area contributed by atoms with Gasteiger partial charge < -0.3 is 16.2 Å². The van der Waals surface area contributed by atoms with Crippen molar-refractivity contribution < 1.29 is 9.90 Å². The molecule has 0 fully saturated rings. The summed E-state index contributed by atoms with van der Waals surface area (Å²) < 4.78 is 0. The molecule has 0 unspecified atom stereocenters. The van der Waals surface area contributed by atoms with Gasteiger partial charge in [-0.2, -0.15) is 0 Å². The highest BCUT2D eigenvalue weighted by Crippen LogP contribution is 2.23. The average Bonchev–Trinajstić information content (AvgIpc) is 2.38. The summed E-state index contributed by atoms with van der Waals surface area (Å²) in [7, 11) is 0. The molecule has 0 saturated heterocycles. The summed E-state index contributed by atoms with van der Waals surface area (Å²) in [6, 6.07) is 10.5. The van der Waals surface area contributed by atoms with Crippen LogP contribution in [-0.4, -0.2) is 16.1 Å². The predicted octanol–water partition coefficient (Wildman–Crippen LogP) is 1.97. The molecular formula is C13H13N3O2. The molecule has 0 saturated carbocycles. The van der Waals surface area contributed by atoms with E-state index in [1.165, 1.54) is 6.07 Å². The number of hydrogen-bond acceptors (Lipinski definition) is 4. The van der Waals surface area contributed by atoms with Crippen molar-refractivity contribution in [2.24, 2.45) is 0 Å². The number of anilines is 2. The van der Waals surface area contributed by atoms with Crippen LogP contribution in [0.3, 0.4) is 0 Å². The van der Waals surface area contributed by atoms with Gasteiger partial charge in [-0.3, -0.25) is 4.98 Å². The Labute approximate surface area is 104 Å². The summed E-state index contributed by atoms with van der Waals surface area (Å²) in [5.74, 6) is -1.03. The number of carboxylic acid groups (broad SMARTS) is 1. The maximum absolute atomic E-state index is 10.9. The second-order valence-electron chi connectivity index (χ2n) is 3.75. The quantitative estimate of drug-likeness (QED) is 0.714. The Bertz CT molecular complexity index is 555. The number of nitrogens with one attached hydrogen (secondary N) is 1. The minimum Gasteiger partial charge on any atom is -0.478 e. The molecule has 4 N–H and O–H groups in total. The van der Waals surface area contributed by atoms with Gasteiger partial charge in [0.05, 0.1) is 29.2 Å². The van der Waals surface area contributed by atoms with Crippen molar-refractivity contribution in [3.8, 4) is 0 Å². The molecule has 1 aromatic carbocycles. The van der Waals surface area contributed by atoms with Gasteiger partial charge in [0, 0.05) is 6.20 Å². The van der Waals surface area contributed by atoms with Crippen LogP contribution in [0.5, 0.6) is 0 Å². The molecule has 0 spiro atoms. The van der Waals surface area contributed by atoms with Gasteiger partial charge in [0.1, 0.15) is 0 Å². The molecule has 0 radical (unpaired) electrons. The van der Waals surface area contributed by atoms with Crippen molar-refractivity contribution in [1.29, 1.82) is 0 Å². The number of aromatic carboxylic acids is 1. The maximum Gasteiger partial charge on any atom is 0.337 e. The number of nitrogens with zero attached hydrogens (tertiary/aromatic N) is 1. The van der Waals surface area contributed by atoms with E-state index >= 15 is 0 Å². The number of carboxylic acids is 1. The highest BCUT2D eigenvalue weighted by molar-refractivity contribution is 5.97. The van der Waals surface area contributed by atoms with E-state index in [9.17, 15) is 4.79 Å². The van der Waals surface area contributed by atoms with Gasteiger partial charge in [-0.25, -0.2) is 4.79 Å². The summed E-state index contributed by atoms with van der Waals surface area (Å²) in [6.07, 6.45) is 1.70. The molecule has 0 aliphatic carbocycles. The van der Waals surface area contributed by atoms with E-state index in [4.69, 9.17) is 10.8 Å². The Balaban J connectivity index is 2.15. The third-order valence-corrected chi connectivity index (χ3v) is 2.52. The molecule has 92 valence electrons. The van der Waals surface area contributed by atoms with Gasteiger partial charge in [0.15, 0.2) is 0 Å². The summed E-state index contributed by atoms with van der Waals surface area (Å²) >= 11 is 0. The fourth-order valence-corrected chi connectivity index (χ4v) is 1.59. The number of para-hydroxylation sites is 1. The third-order valence-electron chi connectivity index (χ3n) is 2.52.